The van der Waals surface area contributed by atoms with E-state index in [9.17, 15) is 19.2 Å². The molecule has 3 aliphatic rings. The first-order valence-corrected chi connectivity index (χ1v) is 13.8. The number of benzene rings is 1. The largest absolute Gasteiger partial charge is 0.368 e. The number of carbonyl (C=O) groups excluding carboxylic acids is 4. The zero-order valence-corrected chi connectivity index (χ0v) is 22.7. The number of hydrogen-bond acceptors (Lipinski definition) is 4. The molecule has 3 heterocycles. The van der Waals surface area contributed by atoms with Gasteiger partial charge in [-0.25, -0.2) is 0 Å². The smallest absolute Gasteiger partial charge is 0.271 e. The number of primary amides is 1. The van der Waals surface area contributed by atoms with Gasteiger partial charge in [-0.1, -0.05) is 43.0 Å². The van der Waals surface area contributed by atoms with Crippen molar-refractivity contribution in [2.75, 3.05) is 6.54 Å². The van der Waals surface area contributed by atoms with Crippen molar-refractivity contribution >= 4 is 46.1 Å². The zero-order chi connectivity index (χ0) is 27.2. The molecule has 38 heavy (non-hydrogen) atoms. The third-order valence-electron chi connectivity index (χ3n) is 8.59. The normalized spacial score (nSPS) is 24.9. The second-order valence-electron chi connectivity index (χ2n) is 12.1. The summed E-state index contributed by atoms with van der Waals surface area (Å²) in [6.07, 6.45) is 6.40. The van der Waals surface area contributed by atoms with Crippen molar-refractivity contribution in [1.82, 2.24) is 20.5 Å². The van der Waals surface area contributed by atoms with Crippen molar-refractivity contribution in [3.05, 3.63) is 35.0 Å². The van der Waals surface area contributed by atoms with Gasteiger partial charge in [0.05, 0.1) is 10.5 Å². The van der Waals surface area contributed by atoms with E-state index in [2.05, 4.69) is 15.6 Å². The van der Waals surface area contributed by atoms with Gasteiger partial charge in [-0.05, 0) is 63.5 Å². The van der Waals surface area contributed by atoms with Crippen molar-refractivity contribution in [2.45, 2.75) is 82.8 Å². The summed E-state index contributed by atoms with van der Waals surface area (Å²) in [4.78, 5) is 57.1. The van der Waals surface area contributed by atoms with E-state index in [-0.39, 0.29) is 29.2 Å². The molecule has 4 amide bonds. The maximum atomic E-state index is 13.8. The Bertz CT molecular complexity index is 1280. The second kappa shape index (κ2) is 9.91. The molecule has 1 aromatic heterocycles. The minimum atomic E-state index is -1.00. The number of fused-ring (bicyclic) bond motifs is 1. The Hall–Kier alpha value is -3.07. The van der Waals surface area contributed by atoms with Crippen molar-refractivity contribution < 1.29 is 19.2 Å². The fraction of sp³-hybridized carbons (Fsp3) is 0.571. The van der Waals surface area contributed by atoms with E-state index in [1.807, 2.05) is 26.0 Å². The number of aromatic nitrogens is 1. The first-order chi connectivity index (χ1) is 18.0. The number of carbonyl (C=O) groups is 4. The highest BCUT2D eigenvalue weighted by Gasteiger charge is 2.50. The van der Waals surface area contributed by atoms with Gasteiger partial charge in [0.1, 0.15) is 17.8 Å². The Morgan fingerprint density at radius 1 is 1.18 bits per heavy atom. The van der Waals surface area contributed by atoms with Crippen LogP contribution >= 0.6 is 11.6 Å². The molecule has 1 saturated carbocycles. The number of rotatable bonds is 6. The number of H-pyrrole nitrogens is 1. The summed E-state index contributed by atoms with van der Waals surface area (Å²) < 4.78 is 0. The Labute approximate surface area is 227 Å². The van der Waals surface area contributed by atoms with Gasteiger partial charge in [0.25, 0.3) is 5.91 Å². The molecule has 5 rings (SSSR count). The standard InChI is InChI=1S/C28H36ClN5O4/c1-27(2)13-17(24(36)33-27)12-19(23(30)35)32-25(37)21-14-28(9-4-3-5-10-28)15-34(21)26(38)20-11-16-7-6-8-18(29)22(16)31-20/h6-8,11,17,19,21,31H,3-5,9-10,12-15H2,1-2H3,(H2,30,35)(H,32,37)(H,33,36)/t17?,19-,21?/m0/s1. The van der Waals surface area contributed by atoms with E-state index in [1.54, 1.807) is 17.0 Å². The number of nitrogens with one attached hydrogen (secondary N) is 3. The third kappa shape index (κ3) is 5.13. The highest BCUT2D eigenvalue weighted by Crippen LogP contribution is 2.47. The molecule has 5 N–H and O–H groups in total. The first kappa shape index (κ1) is 26.5. The van der Waals surface area contributed by atoms with Gasteiger partial charge in [-0.15, -0.1) is 0 Å². The maximum Gasteiger partial charge on any atom is 0.271 e. The molecule has 3 atom stereocenters. The van der Waals surface area contributed by atoms with E-state index < -0.39 is 29.8 Å². The minimum absolute atomic E-state index is 0.128. The van der Waals surface area contributed by atoms with Crippen LogP contribution in [0.2, 0.25) is 5.02 Å². The Kier molecular flexibility index (Phi) is 6.92. The summed E-state index contributed by atoms with van der Waals surface area (Å²) in [6, 6.07) is 5.48. The van der Waals surface area contributed by atoms with Crippen LogP contribution < -0.4 is 16.4 Å². The van der Waals surface area contributed by atoms with E-state index in [0.29, 0.717) is 35.6 Å². The molecule has 2 saturated heterocycles. The topological polar surface area (TPSA) is 137 Å². The number of aromatic amines is 1. The minimum Gasteiger partial charge on any atom is -0.368 e. The lowest BCUT2D eigenvalue weighted by atomic mass is 9.72. The predicted molar refractivity (Wildman–Crippen MR) is 144 cm³/mol. The van der Waals surface area contributed by atoms with E-state index >= 15 is 0 Å². The molecule has 2 unspecified atom stereocenters. The van der Waals surface area contributed by atoms with Crippen LogP contribution in [0.3, 0.4) is 0 Å². The molecule has 9 nitrogen and oxygen atoms in total. The van der Waals surface area contributed by atoms with Crippen LogP contribution in [0, 0.1) is 11.3 Å². The number of para-hydroxylation sites is 1. The van der Waals surface area contributed by atoms with Crippen LogP contribution in [0.5, 0.6) is 0 Å². The highest BCUT2D eigenvalue weighted by molar-refractivity contribution is 6.35. The summed E-state index contributed by atoms with van der Waals surface area (Å²) >= 11 is 6.32. The molecule has 2 aliphatic heterocycles. The number of nitrogens with zero attached hydrogens (tertiary/aromatic N) is 1. The van der Waals surface area contributed by atoms with E-state index in [1.165, 1.54) is 0 Å². The summed E-state index contributed by atoms with van der Waals surface area (Å²) in [5, 5.41) is 7.07. The quantitative estimate of drug-likeness (QED) is 0.446. The number of nitrogens with two attached hydrogens (primary N) is 1. The van der Waals surface area contributed by atoms with Gasteiger partial charge in [0.2, 0.25) is 17.7 Å². The number of hydrogen-bond donors (Lipinski definition) is 4. The Morgan fingerprint density at radius 3 is 2.55 bits per heavy atom. The average Bonchev–Trinajstić information content (AvgIpc) is 3.52. The summed E-state index contributed by atoms with van der Waals surface area (Å²) in [5.74, 6) is -1.94. The van der Waals surface area contributed by atoms with Gasteiger partial charge in [0, 0.05) is 23.4 Å². The van der Waals surface area contributed by atoms with Crippen LogP contribution in [-0.4, -0.2) is 57.7 Å². The lowest BCUT2D eigenvalue weighted by Crippen LogP contribution is -2.53. The zero-order valence-electron chi connectivity index (χ0n) is 21.9. The van der Waals surface area contributed by atoms with E-state index in [0.717, 1.165) is 37.5 Å². The summed E-state index contributed by atoms with van der Waals surface area (Å²) in [5.41, 5.74) is 6.21. The van der Waals surface area contributed by atoms with Gasteiger partial charge >= 0.3 is 0 Å². The van der Waals surface area contributed by atoms with Crippen LogP contribution in [-0.2, 0) is 14.4 Å². The Balaban J connectivity index is 1.38. The second-order valence-corrected chi connectivity index (χ2v) is 12.5. The third-order valence-corrected chi connectivity index (χ3v) is 8.91. The molecule has 10 heteroatoms. The Morgan fingerprint density at radius 2 is 1.92 bits per heavy atom. The molecule has 1 spiro atoms. The molecule has 0 radical (unpaired) electrons. The van der Waals surface area contributed by atoms with Gasteiger partial charge in [-0.3, -0.25) is 19.2 Å². The van der Waals surface area contributed by atoms with Crippen LogP contribution in [0.15, 0.2) is 24.3 Å². The number of likely N-dealkylation sites (tertiary alicyclic amines) is 1. The predicted octanol–water partition coefficient (Wildman–Crippen LogP) is 3.26. The van der Waals surface area contributed by atoms with Gasteiger partial charge < -0.3 is 26.3 Å². The first-order valence-electron chi connectivity index (χ1n) is 13.5. The van der Waals surface area contributed by atoms with Crippen molar-refractivity contribution in [1.29, 1.82) is 0 Å². The summed E-state index contributed by atoms with van der Waals surface area (Å²) in [6.45, 7) is 4.32. The van der Waals surface area contributed by atoms with Crippen molar-refractivity contribution in [3.63, 3.8) is 0 Å². The van der Waals surface area contributed by atoms with Crippen LogP contribution in [0.1, 0.15) is 75.7 Å². The fourth-order valence-electron chi connectivity index (χ4n) is 6.74. The molecular formula is C28H36ClN5O4. The molecule has 0 bridgehead atoms. The number of halogens is 1. The highest BCUT2D eigenvalue weighted by atomic mass is 35.5. The molecule has 1 aromatic carbocycles. The van der Waals surface area contributed by atoms with Crippen LogP contribution in [0.4, 0.5) is 0 Å². The molecular weight excluding hydrogens is 506 g/mol. The fourth-order valence-corrected chi connectivity index (χ4v) is 6.97. The van der Waals surface area contributed by atoms with Crippen LogP contribution in [0.25, 0.3) is 10.9 Å². The van der Waals surface area contributed by atoms with Gasteiger partial charge in [0.15, 0.2) is 0 Å². The summed E-state index contributed by atoms with van der Waals surface area (Å²) in [7, 11) is 0. The molecule has 2 aromatic rings. The SMILES string of the molecule is CC1(C)CC(C[C@H](NC(=O)C2CC3(CCCCC3)CN2C(=O)c2cc3cccc(Cl)c3[nH]2)C(N)=O)C(=O)N1. The monoisotopic (exact) mass is 541 g/mol. The molecule has 3 fully saturated rings. The lowest BCUT2D eigenvalue weighted by molar-refractivity contribution is -0.131. The van der Waals surface area contributed by atoms with E-state index in [4.69, 9.17) is 17.3 Å². The number of amides is 4. The van der Waals surface area contributed by atoms with Crippen molar-refractivity contribution in [2.24, 2.45) is 17.1 Å². The van der Waals surface area contributed by atoms with Gasteiger partial charge in [-0.2, -0.15) is 0 Å². The maximum absolute atomic E-state index is 13.8. The molecule has 1 aliphatic carbocycles. The average molecular weight is 542 g/mol. The lowest BCUT2D eigenvalue weighted by Gasteiger charge is -2.32. The van der Waals surface area contributed by atoms with Crippen molar-refractivity contribution in [3.8, 4) is 0 Å². The molecule has 204 valence electrons.